The number of halogens is 1. The fourth-order valence-corrected chi connectivity index (χ4v) is 2.30. The van der Waals surface area contributed by atoms with Crippen LogP contribution in [-0.2, 0) is 11.2 Å². The molecule has 0 spiro atoms. The van der Waals surface area contributed by atoms with E-state index in [9.17, 15) is 4.79 Å². The molecule has 0 aliphatic rings. The zero-order chi connectivity index (χ0) is 15.9. The van der Waals surface area contributed by atoms with Crippen molar-refractivity contribution in [2.24, 2.45) is 0 Å². The van der Waals surface area contributed by atoms with E-state index in [1.165, 1.54) is 11.1 Å². The molecule has 1 amide bonds. The van der Waals surface area contributed by atoms with Crippen molar-refractivity contribution >= 4 is 23.2 Å². The molecule has 0 aromatic heterocycles. The molecular formula is C18H21ClN2O. The number of anilines is 1. The molecular weight excluding hydrogens is 296 g/mol. The molecule has 2 aromatic rings. The highest BCUT2D eigenvalue weighted by Gasteiger charge is 2.04. The van der Waals surface area contributed by atoms with Crippen LogP contribution in [0, 0.1) is 13.8 Å². The lowest BCUT2D eigenvalue weighted by atomic mass is 10.1. The zero-order valence-electron chi connectivity index (χ0n) is 12.9. The van der Waals surface area contributed by atoms with Crippen molar-refractivity contribution in [3.63, 3.8) is 0 Å². The largest absolute Gasteiger partial charge is 0.376 e. The van der Waals surface area contributed by atoms with Crippen LogP contribution in [-0.4, -0.2) is 19.0 Å². The van der Waals surface area contributed by atoms with E-state index in [0.29, 0.717) is 6.54 Å². The van der Waals surface area contributed by atoms with Crippen LogP contribution in [0.5, 0.6) is 0 Å². The maximum absolute atomic E-state index is 11.9. The monoisotopic (exact) mass is 316 g/mol. The van der Waals surface area contributed by atoms with Gasteiger partial charge < -0.3 is 10.6 Å². The van der Waals surface area contributed by atoms with Gasteiger partial charge in [-0.2, -0.15) is 0 Å². The third kappa shape index (κ3) is 4.78. The first-order valence-corrected chi connectivity index (χ1v) is 7.75. The van der Waals surface area contributed by atoms with Crippen LogP contribution in [0.3, 0.4) is 0 Å². The van der Waals surface area contributed by atoms with E-state index >= 15 is 0 Å². The number of carbonyl (C=O) groups excluding carboxylic acids is 1. The Hall–Kier alpha value is -2.00. The fourth-order valence-electron chi connectivity index (χ4n) is 2.18. The molecule has 2 aromatic carbocycles. The van der Waals surface area contributed by atoms with E-state index < -0.39 is 0 Å². The summed E-state index contributed by atoms with van der Waals surface area (Å²) in [6.45, 7) is 5.02. The number of hydrogen-bond donors (Lipinski definition) is 2. The zero-order valence-corrected chi connectivity index (χ0v) is 13.7. The molecule has 0 radical (unpaired) electrons. The third-order valence-corrected chi connectivity index (χ3v) is 3.95. The standard InChI is InChI=1S/C18H21ClN2O/c1-13-4-3-5-17(14(13)2)21-12-18(22)20-11-10-15-6-8-16(19)9-7-15/h3-9,21H,10-12H2,1-2H3,(H,20,22). The highest BCUT2D eigenvalue weighted by atomic mass is 35.5. The molecule has 3 nitrogen and oxygen atoms in total. The van der Waals surface area contributed by atoms with E-state index in [1.807, 2.05) is 36.4 Å². The second-order valence-electron chi connectivity index (χ2n) is 5.33. The summed E-state index contributed by atoms with van der Waals surface area (Å²) >= 11 is 5.84. The topological polar surface area (TPSA) is 41.1 Å². The van der Waals surface area contributed by atoms with Gasteiger partial charge in [-0.15, -0.1) is 0 Å². The summed E-state index contributed by atoms with van der Waals surface area (Å²) in [5.74, 6) is -0.00475. The molecule has 116 valence electrons. The highest BCUT2D eigenvalue weighted by molar-refractivity contribution is 6.30. The van der Waals surface area contributed by atoms with Crippen molar-refractivity contribution in [1.29, 1.82) is 0 Å². The third-order valence-electron chi connectivity index (χ3n) is 3.69. The first-order chi connectivity index (χ1) is 10.6. The molecule has 0 saturated carbocycles. The maximum Gasteiger partial charge on any atom is 0.239 e. The highest BCUT2D eigenvalue weighted by Crippen LogP contribution is 2.17. The van der Waals surface area contributed by atoms with Gasteiger partial charge in [0.05, 0.1) is 6.54 Å². The van der Waals surface area contributed by atoms with Crippen LogP contribution in [0.4, 0.5) is 5.69 Å². The number of benzene rings is 2. The lowest BCUT2D eigenvalue weighted by Gasteiger charge is -2.11. The van der Waals surface area contributed by atoms with Gasteiger partial charge in [-0.1, -0.05) is 35.9 Å². The second kappa shape index (κ2) is 7.85. The Morgan fingerprint density at radius 1 is 1.09 bits per heavy atom. The molecule has 0 unspecified atom stereocenters. The Balaban J connectivity index is 1.74. The Bertz CT molecular complexity index is 638. The lowest BCUT2D eigenvalue weighted by molar-refractivity contribution is -0.119. The minimum absolute atomic E-state index is 0.00475. The van der Waals surface area contributed by atoms with E-state index in [1.54, 1.807) is 0 Å². The second-order valence-corrected chi connectivity index (χ2v) is 5.76. The Kier molecular flexibility index (Phi) is 5.84. The smallest absolute Gasteiger partial charge is 0.239 e. The van der Waals surface area contributed by atoms with Gasteiger partial charge in [0.2, 0.25) is 5.91 Å². The first kappa shape index (κ1) is 16.4. The van der Waals surface area contributed by atoms with Crippen molar-refractivity contribution in [3.05, 3.63) is 64.2 Å². The SMILES string of the molecule is Cc1cccc(NCC(=O)NCCc2ccc(Cl)cc2)c1C. The Morgan fingerprint density at radius 3 is 2.55 bits per heavy atom. The summed E-state index contributed by atoms with van der Waals surface area (Å²) in [7, 11) is 0. The summed E-state index contributed by atoms with van der Waals surface area (Å²) < 4.78 is 0. The molecule has 0 atom stereocenters. The molecule has 2 rings (SSSR count). The van der Waals surface area contributed by atoms with Gasteiger partial charge >= 0.3 is 0 Å². The van der Waals surface area contributed by atoms with Gasteiger partial charge in [-0.3, -0.25) is 4.79 Å². The van der Waals surface area contributed by atoms with Crippen LogP contribution in [0.25, 0.3) is 0 Å². The number of hydrogen-bond acceptors (Lipinski definition) is 2. The summed E-state index contributed by atoms with van der Waals surface area (Å²) in [5, 5.41) is 6.82. The van der Waals surface area contributed by atoms with E-state index in [0.717, 1.165) is 22.7 Å². The van der Waals surface area contributed by atoms with Gasteiger partial charge in [0, 0.05) is 17.3 Å². The predicted molar refractivity (Wildman–Crippen MR) is 92.6 cm³/mol. The average Bonchev–Trinajstić information content (AvgIpc) is 2.51. The average molecular weight is 317 g/mol. The summed E-state index contributed by atoms with van der Waals surface area (Å²) in [6, 6.07) is 13.7. The number of aryl methyl sites for hydroxylation is 1. The molecule has 22 heavy (non-hydrogen) atoms. The molecule has 0 aliphatic heterocycles. The van der Waals surface area contributed by atoms with Crippen LogP contribution < -0.4 is 10.6 Å². The molecule has 4 heteroatoms. The van der Waals surface area contributed by atoms with Crippen LogP contribution in [0.15, 0.2) is 42.5 Å². The molecule has 0 heterocycles. The number of carbonyl (C=O) groups is 1. The van der Waals surface area contributed by atoms with E-state index in [4.69, 9.17) is 11.6 Å². The van der Waals surface area contributed by atoms with Gasteiger partial charge in [-0.25, -0.2) is 0 Å². The number of rotatable bonds is 6. The number of amides is 1. The first-order valence-electron chi connectivity index (χ1n) is 7.37. The van der Waals surface area contributed by atoms with Crippen molar-refractivity contribution in [2.45, 2.75) is 20.3 Å². The van der Waals surface area contributed by atoms with Crippen molar-refractivity contribution in [3.8, 4) is 0 Å². The van der Waals surface area contributed by atoms with Crippen LogP contribution in [0.2, 0.25) is 5.02 Å². The van der Waals surface area contributed by atoms with Crippen molar-refractivity contribution in [2.75, 3.05) is 18.4 Å². The quantitative estimate of drug-likeness (QED) is 0.852. The van der Waals surface area contributed by atoms with Crippen LogP contribution >= 0.6 is 11.6 Å². The normalized spacial score (nSPS) is 10.3. The summed E-state index contributed by atoms with van der Waals surface area (Å²) in [6.07, 6.45) is 0.798. The molecule has 0 fully saturated rings. The Morgan fingerprint density at radius 2 is 1.82 bits per heavy atom. The van der Waals surface area contributed by atoms with Crippen molar-refractivity contribution in [1.82, 2.24) is 5.32 Å². The summed E-state index contributed by atoms with van der Waals surface area (Å²) in [5.41, 5.74) is 4.56. The van der Waals surface area contributed by atoms with Crippen molar-refractivity contribution < 1.29 is 4.79 Å². The molecule has 2 N–H and O–H groups in total. The molecule has 0 bridgehead atoms. The molecule has 0 saturated heterocycles. The van der Waals surface area contributed by atoms with Gasteiger partial charge in [0.1, 0.15) is 0 Å². The van der Waals surface area contributed by atoms with E-state index in [-0.39, 0.29) is 12.5 Å². The van der Waals surface area contributed by atoms with Crippen LogP contribution in [0.1, 0.15) is 16.7 Å². The minimum atomic E-state index is -0.00475. The predicted octanol–water partition coefficient (Wildman–Crippen LogP) is 3.73. The van der Waals surface area contributed by atoms with E-state index in [2.05, 4.69) is 30.5 Å². The summed E-state index contributed by atoms with van der Waals surface area (Å²) in [4.78, 5) is 11.9. The Labute approximate surface area is 136 Å². The minimum Gasteiger partial charge on any atom is -0.376 e. The van der Waals surface area contributed by atoms with Gasteiger partial charge in [0.25, 0.3) is 0 Å². The fraction of sp³-hybridized carbons (Fsp3) is 0.278. The number of nitrogens with one attached hydrogen (secondary N) is 2. The lowest BCUT2D eigenvalue weighted by Crippen LogP contribution is -2.31. The molecule has 0 aliphatic carbocycles. The maximum atomic E-state index is 11.9. The van der Waals surface area contributed by atoms with Gasteiger partial charge in [0.15, 0.2) is 0 Å². The van der Waals surface area contributed by atoms with Gasteiger partial charge in [-0.05, 0) is 55.2 Å².